The summed E-state index contributed by atoms with van der Waals surface area (Å²) in [6.45, 7) is 1.19. The second kappa shape index (κ2) is 6.41. The number of hydrogen-bond acceptors (Lipinski definition) is 6. The Kier molecular flexibility index (Phi) is 5.17. The van der Waals surface area contributed by atoms with Crippen LogP contribution in [0, 0.1) is 0 Å². The Morgan fingerprint density at radius 2 is 2.29 bits per heavy atom. The minimum atomic E-state index is -0.303. The van der Waals surface area contributed by atoms with E-state index in [0.29, 0.717) is 25.4 Å². The number of primary amides is 1. The van der Waals surface area contributed by atoms with Crippen molar-refractivity contribution in [2.24, 2.45) is 5.73 Å². The van der Waals surface area contributed by atoms with Crippen LogP contribution in [0.5, 0.6) is 5.88 Å². The quantitative estimate of drug-likeness (QED) is 0.682. The molecule has 1 rings (SSSR count). The Hall–Kier alpha value is -1.34. The Balaban J connectivity index is 2.54. The lowest BCUT2D eigenvalue weighted by Crippen LogP contribution is -2.21. The molecule has 0 atom stereocenters. The molecule has 6 nitrogen and oxygen atoms in total. The first-order valence-electron chi connectivity index (χ1n) is 5.24. The minimum Gasteiger partial charge on any atom is -0.480 e. The topological polar surface area (TPSA) is 80.5 Å². The summed E-state index contributed by atoms with van der Waals surface area (Å²) in [5, 5.41) is 4.03. The molecule has 0 aliphatic rings. The van der Waals surface area contributed by atoms with Crippen LogP contribution in [0.15, 0.2) is 0 Å². The van der Waals surface area contributed by atoms with Gasteiger partial charge >= 0.3 is 0 Å². The molecule has 3 N–H and O–H groups in total. The number of nitrogens with two attached hydrogens (primary N) is 1. The average Bonchev–Trinajstić information content (AvgIpc) is 2.67. The Labute approximate surface area is 105 Å². The number of aromatic nitrogens is 1. The molecule has 0 spiro atoms. The highest BCUT2D eigenvalue weighted by molar-refractivity contribution is 7.15. The van der Waals surface area contributed by atoms with Crippen LogP contribution in [0.3, 0.4) is 0 Å². The van der Waals surface area contributed by atoms with Crippen molar-refractivity contribution in [1.29, 1.82) is 0 Å². The van der Waals surface area contributed by atoms with Gasteiger partial charge in [-0.25, -0.2) is 0 Å². The molecular formula is C10H18N4O2S. The number of amides is 1. The van der Waals surface area contributed by atoms with E-state index in [4.69, 9.17) is 10.5 Å². The number of methoxy groups -OCH3 is 1. The smallest absolute Gasteiger partial charge is 0.230 e. The average molecular weight is 258 g/mol. The lowest BCUT2D eigenvalue weighted by atomic mass is 10.4. The first-order valence-corrected chi connectivity index (χ1v) is 6.06. The van der Waals surface area contributed by atoms with Gasteiger partial charge in [0.05, 0.1) is 12.0 Å². The molecule has 17 heavy (non-hydrogen) atoms. The van der Waals surface area contributed by atoms with Gasteiger partial charge in [0.2, 0.25) is 11.8 Å². The van der Waals surface area contributed by atoms with Crippen molar-refractivity contribution >= 4 is 22.4 Å². The van der Waals surface area contributed by atoms with E-state index < -0.39 is 0 Å². The second-order valence-corrected chi connectivity index (χ2v) is 4.78. The van der Waals surface area contributed by atoms with Crippen LogP contribution in [0.4, 0.5) is 5.13 Å². The monoisotopic (exact) mass is 258 g/mol. The zero-order valence-electron chi connectivity index (χ0n) is 10.3. The molecule has 0 fully saturated rings. The van der Waals surface area contributed by atoms with E-state index in [-0.39, 0.29) is 5.91 Å². The molecule has 0 aliphatic carbocycles. The highest BCUT2D eigenvalue weighted by Gasteiger charge is 2.12. The molecule has 0 radical (unpaired) electrons. The zero-order valence-corrected chi connectivity index (χ0v) is 11.1. The van der Waals surface area contributed by atoms with E-state index in [1.54, 1.807) is 18.4 Å². The van der Waals surface area contributed by atoms with Crippen LogP contribution in [-0.4, -0.2) is 38.6 Å². The number of rotatable bonds is 7. The number of ether oxygens (including phenoxy) is 1. The molecular weight excluding hydrogens is 240 g/mol. The second-order valence-electron chi connectivity index (χ2n) is 3.72. The van der Waals surface area contributed by atoms with Crippen molar-refractivity contribution in [3.8, 4) is 5.88 Å². The van der Waals surface area contributed by atoms with Crippen molar-refractivity contribution in [1.82, 2.24) is 10.3 Å². The van der Waals surface area contributed by atoms with Crippen molar-refractivity contribution < 1.29 is 9.53 Å². The first-order chi connectivity index (χ1) is 8.04. The molecule has 0 unspecified atom stereocenters. The van der Waals surface area contributed by atoms with Crippen LogP contribution in [0.1, 0.15) is 11.3 Å². The standard InChI is InChI=1S/C10H18N4O2S/c1-14(2)10-13-9(16-3)7(17-10)6-12-5-4-8(11)15/h12H,4-6H2,1-3H3,(H2,11,15). The predicted octanol–water partition coefficient (Wildman–Crippen LogP) is 0.183. The van der Waals surface area contributed by atoms with Gasteiger partial charge in [-0.3, -0.25) is 4.79 Å². The highest BCUT2D eigenvalue weighted by Crippen LogP contribution is 2.29. The van der Waals surface area contributed by atoms with Crippen molar-refractivity contribution in [3.63, 3.8) is 0 Å². The van der Waals surface area contributed by atoms with E-state index in [9.17, 15) is 4.79 Å². The summed E-state index contributed by atoms with van der Waals surface area (Å²) in [5.74, 6) is 0.327. The maximum Gasteiger partial charge on any atom is 0.230 e. The summed E-state index contributed by atoms with van der Waals surface area (Å²) in [7, 11) is 5.46. The zero-order chi connectivity index (χ0) is 12.8. The van der Waals surface area contributed by atoms with Crippen molar-refractivity contribution in [3.05, 3.63) is 4.88 Å². The van der Waals surface area contributed by atoms with Crippen LogP contribution >= 0.6 is 11.3 Å². The Bertz CT molecular complexity index is 378. The first kappa shape index (κ1) is 13.7. The third-order valence-corrected chi connectivity index (χ3v) is 3.26. The SMILES string of the molecule is COc1nc(N(C)C)sc1CNCCC(N)=O. The molecule has 1 aromatic rings. The lowest BCUT2D eigenvalue weighted by molar-refractivity contribution is -0.117. The summed E-state index contributed by atoms with van der Waals surface area (Å²) in [6, 6.07) is 0. The van der Waals surface area contributed by atoms with Gasteiger partial charge < -0.3 is 20.7 Å². The van der Waals surface area contributed by atoms with Gasteiger partial charge in [-0.1, -0.05) is 11.3 Å². The van der Waals surface area contributed by atoms with Crippen LogP contribution in [0.25, 0.3) is 0 Å². The van der Waals surface area contributed by atoms with Crippen molar-refractivity contribution in [2.75, 3.05) is 32.6 Å². The maximum atomic E-state index is 10.6. The number of anilines is 1. The molecule has 1 heterocycles. The third-order valence-electron chi connectivity index (χ3n) is 2.06. The maximum absolute atomic E-state index is 10.6. The van der Waals surface area contributed by atoms with Gasteiger partial charge in [-0.2, -0.15) is 4.98 Å². The van der Waals surface area contributed by atoms with Crippen molar-refractivity contribution in [2.45, 2.75) is 13.0 Å². The van der Waals surface area contributed by atoms with Crippen LogP contribution in [0.2, 0.25) is 0 Å². The number of thiazole rings is 1. The molecule has 96 valence electrons. The van der Waals surface area contributed by atoms with E-state index >= 15 is 0 Å². The van der Waals surface area contributed by atoms with E-state index in [1.807, 2.05) is 19.0 Å². The lowest BCUT2D eigenvalue weighted by Gasteiger charge is -2.05. The Morgan fingerprint density at radius 1 is 1.59 bits per heavy atom. The van der Waals surface area contributed by atoms with Crippen LogP contribution < -0.4 is 20.7 Å². The molecule has 0 saturated carbocycles. The largest absolute Gasteiger partial charge is 0.480 e. The molecule has 1 amide bonds. The van der Waals surface area contributed by atoms with Gasteiger partial charge in [0.15, 0.2) is 5.13 Å². The summed E-state index contributed by atoms with van der Waals surface area (Å²) in [6.07, 6.45) is 0.335. The third kappa shape index (κ3) is 4.20. The van der Waals surface area contributed by atoms with Gasteiger partial charge in [-0.05, 0) is 0 Å². The molecule has 0 aromatic carbocycles. The fourth-order valence-corrected chi connectivity index (χ4v) is 2.12. The predicted molar refractivity (Wildman–Crippen MR) is 68.5 cm³/mol. The number of nitrogens with zero attached hydrogens (tertiary/aromatic N) is 2. The fourth-order valence-electron chi connectivity index (χ4n) is 1.20. The summed E-state index contributed by atoms with van der Waals surface area (Å²) < 4.78 is 5.20. The summed E-state index contributed by atoms with van der Waals surface area (Å²) in [5.41, 5.74) is 5.05. The number of carbonyl (C=O) groups is 1. The molecule has 0 bridgehead atoms. The van der Waals surface area contributed by atoms with Gasteiger partial charge in [0.1, 0.15) is 0 Å². The highest BCUT2D eigenvalue weighted by atomic mass is 32.1. The van der Waals surface area contributed by atoms with E-state index in [2.05, 4.69) is 10.3 Å². The number of hydrogen-bond donors (Lipinski definition) is 2. The molecule has 0 saturated heterocycles. The fraction of sp³-hybridized carbons (Fsp3) is 0.600. The normalized spacial score (nSPS) is 10.3. The summed E-state index contributed by atoms with van der Waals surface area (Å²) in [4.78, 5) is 17.8. The van der Waals surface area contributed by atoms with Crippen LogP contribution in [-0.2, 0) is 11.3 Å². The van der Waals surface area contributed by atoms with Gasteiger partial charge in [-0.15, -0.1) is 0 Å². The Morgan fingerprint density at radius 3 is 2.82 bits per heavy atom. The number of carbonyl (C=O) groups excluding carboxylic acids is 1. The molecule has 1 aromatic heterocycles. The summed E-state index contributed by atoms with van der Waals surface area (Å²) >= 11 is 1.56. The molecule has 7 heteroatoms. The van der Waals surface area contributed by atoms with Gasteiger partial charge in [0.25, 0.3) is 0 Å². The van der Waals surface area contributed by atoms with E-state index in [1.165, 1.54) is 0 Å². The minimum absolute atomic E-state index is 0.303. The van der Waals surface area contributed by atoms with Gasteiger partial charge in [0, 0.05) is 33.6 Å². The molecule has 0 aliphatic heterocycles. The van der Waals surface area contributed by atoms with E-state index in [0.717, 1.165) is 10.0 Å². The number of nitrogens with one attached hydrogen (secondary N) is 1.